The van der Waals surface area contributed by atoms with Gasteiger partial charge in [-0.1, -0.05) is 28.1 Å². The molecule has 0 fully saturated rings. The molecule has 0 saturated carbocycles. The summed E-state index contributed by atoms with van der Waals surface area (Å²) in [5, 5.41) is 0. The minimum absolute atomic E-state index is 0.444. The van der Waals surface area contributed by atoms with Crippen molar-refractivity contribution in [1.29, 1.82) is 0 Å². The molecule has 0 spiro atoms. The predicted molar refractivity (Wildman–Crippen MR) is 73.1 cm³/mol. The van der Waals surface area contributed by atoms with Crippen LogP contribution in [0.5, 0.6) is 5.88 Å². The van der Waals surface area contributed by atoms with Crippen LogP contribution in [0.4, 0.5) is 5.82 Å². The van der Waals surface area contributed by atoms with Gasteiger partial charge in [0.2, 0.25) is 5.88 Å². The van der Waals surface area contributed by atoms with Gasteiger partial charge in [-0.3, -0.25) is 0 Å². The third-order valence-corrected chi connectivity index (χ3v) is 2.73. The number of ether oxygens (including phenoxy) is 1. The second kappa shape index (κ2) is 5.79. The SMILES string of the molecule is Cc1nc(NN)cc(OCc2cccc(Br)c2)n1. The summed E-state index contributed by atoms with van der Waals surface area (Å²) in [6.07, 6.45) is 0. The molecule has 0 aliphatic carbocycles. The molecule has 0 unspecified atom stereocenters. The molecule has 1 aromatic carbocycles. The third kappa shape index (κ3) is 3.41. The maximum atomic E-state index is 5.60. The molecule has 0 radical (unpaired) electrons. The molecule has 0 aliphatic heterocycles. The Labute approximate surface area is 113 Å². The fourth-order valence-electron chi connectivity index (χ4n) is 1.47. The summed E-state index contributed by atoms with van der Waals surface area (Å²) in [5.41, 5.74) is 3.54. The first-order chi connectivity index (χ1) is 8.67. The number of halogens is 1. The van der Waals surface area contributed by atoms with Crippen molar-refractivity contribution in [3.05, 3.63) is 46.2 Å². The zero-order chi connectivity index (χ0) is 13.0. The second-order valence-corrected chi connectivity index (χ2v) is 4.62. The van der Waals surface area contributed by atoms with Gasteiger partial charge in [-0.05, 0) is 24.6 Å². The van der Waals surface area contributed by atoms with Crippen LogP contribution >= 0.6 is 15.9 Å². The Balaban J connectivity index is 2.08. The number of rotatable bonds is 4. The van der Waals surface area contributed by atoms with E-state index in [9.17, 15) is 0 Å². The number of hydrazine groups is 1. The minimum atomic E-state index is 0.444. The Kier molecular flexibility index (Phi) is 4.11. The summed E-state index contributed by atoms with van der Waals surface area (Å²) in [5.74, 6) is 6.95. The average molecular weight is 309 g/mol. The van der Waals surface area contributed by atoms with Gasteiger partial charge in [-0.15, -0.1) is 0 Å². The monoisotopic (exact) mass is 308 g/mol. The van der Waals surface area contributed by atoms with Crippen LogP contribution in [0.2, 0.25) is 0 Å². The lowest BCUT2D eigenvalue weighted by Gasteiger charge is -2.08. The van der Waals surface area contributed by atoms with E-state index in [0.29, 0.717) is 24.1 Å². The molecule has 0 aliphatic rings. The standard InChI is InChI=1S/C12H13BrN4O/c1-8-15-11(17-14)6-12(16-8)18-7-9-3-2-4-10(13)5-9/h2-6H,7,14H2,1H3,(H,15,16,17). The second-order valence-electron chi connectivity index (χ2n) is 3.70. The topological polar surface area (TPSA) is 73.1 Å². The highest BCUT2D eigenvalue weighted by atomic mass is 79.9. The number of nitrogens with two attached hydrogens (primary N) is 1. The molecule has 0 atom stereocenters. The van der Waals surface area contributed by atoms with Gasteiger partial charge in [0.15, 0.2) is 0 Å². The zero-order valence-corrected chi connectivity index (χ0v) is 11.4. The lowest BCUT2D eigenvalue weighted by atomic mass is 10.2. The maximum Gasteiger partial charge on any atom is 0.219 e. The van der Waals surface area contributed by atoms with E-state index in [1.165, 1.54) is 0 Å². The first-order valence-electron chi connectivity index (χ1n) is 5.37. The fraction of sp³-hybridized carbons (Fsp3) is 0.167. The van der Waals surface area contributed by atoms with Crippen molar-refractivity contribution in [2.24, 2.45) is 5.84 Å². The van der Waals surface area contributed by atoms with Gasteiger partial charge >= 0.3 is 0 Å². The number of nitrogen functional groups attached to an aromatic ring is 1. The number of hydrogen-bond acceptors (Lipinski definition) is 5. The van der Waals surface area contributed by atoms with Gasteiger partial charge in [0.1, 0.15) is 18.2 Å². The van der Waals surface area contributed by atoms with Gasteiger partial charge in [0.25, 0.3) is 0 Å². The predicted octanol–water partition coefficient (Wildman–Crippen LogP) is 2.41. The quantitative estimate of drug-likeness (QED) is 0.670. The van der Waals surface area contributed by atoms with E-state index in [2.05, 4.69) is 31.3 Å². The van der Waals surface area contributed by atoms with Crippen molar-refractivity contribution >= 4 is 21.7 Å². The van der Waals surface area contributed by atoms with E-state index in [-0.39, 0.29) is 0 Å². The lowest BCUT2D eigenvalue weighted by molar-refractivity contribution is 0.292. The Hall–Kier alpha value is -1.66. The summed E-state index contributed by atoms with van der Waals surface area (Å²) in [4.78, 5) is 8.27. The van der Waals surface area contributed by atoms with E-state index in [4.69, 9.17) is 10.6 Å². The number of nitrogens with zero attached hydrogens (tertiary/aromatic N) is 2. The maximum absolute atomic E-state index is 5.60. The molecule has 2 rings (SSSR count). The fourth-order valence-corrected chi connectivity index (χ4v) is 1.92. The van der Waals surface area contributed by atoms with Crippen LogP contribution in [0.25, 0.3) is 0 Å². The smallest absolute Gasteiger partial charge is 0.219 e. The summed E-state index contributed by atoms with van der Waals surface area (Å²) in [6.45, 7) is 2.23. The number of aryl methyl sites for hydroxylation is 1. The Morgan fingerprint density at radius 3 is 2.89 bits per heavy atom. The normalized spacial score (nSPS) is 10.2. The third-order valence-electron chi connectivity index (χ3n) is 2.24. The van der Waals surface area contributed by atoms with Crippen LogP contribution in [0, 0.1) is 6.92 Å². The van der Waals surface area contributed by atoms with Crippen LogP contribution in [0.1, 0.15) is 11.4 Å². The molecule has 94 valence electrons. The summed E-state index contributed by atoms with van der Waals surface area (Å²) in [6, 6.07) is 9.57. The summed E-state index contributed by atoms with van der Waals surface area (Å²) >= 11 is 3.42. The van der Waals surface area contributed by atoms with Crippen LogP contribution in [-0.4, -0.2) is 9.97 Å². The number of hydrogen-bond donors (Lipinski definition) is 2. The first kappa shape index (κ1) is 12.8. The van der Waals surface area contributed by atoms with Crippen molar-refractivity contribution < 1.29 is 4.74 Å². The molecule has 6 heteroatoms. The molecule has 2 aromatic rings. The van der Waals surface area contributed by atoms with E-state index in [1.54, 1.807) is 13.0 Å². The first-order valence-corrected chi connectivity index (χ1v) is 6.16. The van der Waals surface area contributed by atoms with E-state index in [0.717, 1.165) is 10.0 Å². The molecular weight excluding hydrogens is 296 g/mol. The van der Waals surface area contributed by atoms with E-state index < -0.39 is 0 Å². The molecule has 1 heterocycles. The van der Waals surface area contributed by atoms with E-state index >= 15 is 0 Å². The molecule has 0 amide bonds. The van der Waals surface area contributed by atoms with E-state index in [1.807, 2.05) is 24.3 Å². The van der Waals surface area contributed by atoms with Gasteiger partial charge in [-0.25, -0.2) is 10.8 Å². The van der Waals surface area contributed by atoms with Gasteiger partial charge < -0.3 is 10.2 Å². The van der Waals surface area contributed by atoms with Crippen LogP contribution in [0.15, 0.2) is 34.8 Å². The Morgan fingerprint density at radius 1 is 1.33 bits per heavy atom. The molecule has 5 nitrogen and oxygen atoms in total. The highest BCUT2D eigenvalue weighted by molar-refractivity contribution is 9.10. The van der Waals surface area contributed by atoms with Crippen molar-refractivity contribution in [1.82, 2.24) is 9.97 Å². The van der Waals surface area contributed by atoms with Crippen LogP contribution in [-0.2, 0) is 6.61 Å². The molecule has 1 aromatic heterocycles. The number of anilines is 1. The van der Waals surface area contributed by atoms with Crippen molar-refractivity contribution in [3.63, 3.8) is 0 Å². The lowest BCUT2D eigenvalue weighted by Crippen LogP contribution is -2.10. The highest BCUT2D eigenvalue weighted by Gasteiger charge is 2.02. The zero-order valence-electron chi connectivity index (χ0n) is 9.85. The molecule has 3 N–H and O–H groups in total. The van der Waals surface area contributed by atoms with Gasteiger partial charge in [0, 0.05) is 10.5 Å². The van der Waals surface area contributed by atoms with Crippen LogP contribution < -0.4 is 16.0 Å². The molecule has 18 heavy (non-hydrogen) atoms. The number of benzene rings is 1. The van der Waals surface area contributed by atoms with Gasteiger partial charge in [0.05, 0.1) is 0 Å². The van der Waals surface area contributed by atoms with Crippen molar-refractivity contribution in [2.75, 3.05) is 5.43 Å². The average Bonchev–Trinajstić information content (AvgIpc) is 2.36. The number of aromatic nitrogens is 2. The Morgan fingerprint density at radius 2 is 2.17 bits per heavy atom. The molecule has 0 bridgehead atoms. The minimum Gasteiger partial charge on any atom is -0.473 e. The summed E-state index contributed by atoms with van der Waals surface area (Å²) < 4.78 is 6.62. The van der Waals surface area contributed by atoms with Gasteiger partial charge in [-0.2, -0.15) is 4.98 Å². The van der Waals surface area contributed by atoms with Crippen molar-refractivity contribution in [3.8, 4) is 5.88 Å². The van der Waals surface area contributed by atoms with Crippen molar-refractivity contribution in [2.45, 2.75) is 13.5 Å². The molecule has 0 saturated heterocycles. The number of nitrogens with one attached hydrogen (secondary N) is 1. The van der Waals surface area contributed by atoms with Crippen LogP contribution in [0.3, 0.4) is 0 Å². The highest BCUT2D eigenvalue weighted by Crippen LogP contribution is 2.16. The summed E-state index contributed by atoms with van der Waals surface area (Å²) in [7, 11) is 0. The Bertz CT molecular complexity index is 547. The largest absolute Gasteiger partial charge is 0.473 e. The molecular formula is C12H13BrN4O.